The molecule has 1 amide bonds. The summed E-state index contributed by atoms with van der Waals surface area (Å²) in [6.07, 6.45) is -0.427. The van der Waals surface area contributed by atoms with Crippen LogP contribution in [0, 0.1) is 0 Å². The number of likely N-dealkylation sites (N-methyl/N-ethyl adjacent to an activating group) is 1. The molecule has 0 unspecified atom stereocenters. The first-order valence-corrected chi connectivity index (χ1v) is 8.07. The lowest BCUT2D eigenvalue weighted by molar-refractivity contribution is -0.223. The van der Waals surface area contributed by atoms with Crippen LogP contribution in [0.4, 0.5) is 0 Å². The van der Waals surface area contributed by atoms with Crippen molar-refractivity contribution in [3.05, 3.63) is 41.9 Å². The monoisotopic (exact) mass is 364 g/mol. The number of hydrogen-bond acceptors (Lipinski definition) is 8. The molecule has 3 rings (SSSR count). The van der Waals surface area contributed by atoms with Crippen molar-refractivity contribution in [1.82, 2.24) is 9.88 Å². The highest BCUT2D eigenvalue weighted by atomic mass is 16.7. The van der Waals surface area contributed by atoms with Gasteiger partial charge in [-0.3, -0.25) is 9.78 Å². The molecule has 0 saturated carbocycles. The van der Waals surface area contributed by atoms with E-state index in [1.807, 2.05) is 6.07 Å². The first kappa shape index (κ1) is 18.3. The van der Waals surface area contributed by atoms with Gasteiger partial charge in [0.25, 0.3) is 5.91 Å². The standard InChI is InChI=1S/C17H20N2O7/c1-19-10(9-4-3-5-18-8-9)6-12(15(19)22)25-17-14(21)11(20)7-13(26-17)16(23)24-2/h3-5,7-8,10-12,14,17,20-21H,6H2,1-2H3/t10-,11-,12+,14+,17+/m0/s1. The molecule has 0 aromatic carbocycles. The number of likely N-dealkylation sites (tertiary alicyclic amines) is 1. The van der Waals surface area contributed by atoms with Crippen molar-refractivity contribution < 1.29 is 34.0 Å². The first-order chi connectivity index (χ1) is 12.4. The number of ether oxygens (including phenoxy) is 3. The van der Waals surface area contributed by atoms with Crippen LogP contribution in [0.3, 0.4) is 0 Å². The van der Waals surface area contributed by atoms with Gasteiger partial charge in [0, 0.05) is 25.9 Å². The first-order valence-electron chi connectivity index (χ1n) is 8.07. The Kier molecular flexibility index (Phi) is 5.21. The summed E-state index contributed by atoms with van der Waals surface area (Å²) in [6, 6.07) is 3.40. The van der Waals surface area contributed by atoms with Crippen LogP contribution in [0.1, 0.15) is 18.0 Å². The van der Waals surface area contributed by atoms with E-state index >= 15 is 0 Å². The van der Waals surface area contributed by atoms with Gasteiger partial charge >= 0.3 is 5.97 Å². The van der Waals surface area contributed by atoms with Crippen LogP contribution >= 0.6 is 0 Å². The SMILES string of the molecule is COC(=O)C1=C[C@H](O)[C@@H](O)[C@H](O[C@@H]2C[C@@H](c3cccnc3)N(C)C2=O)O1. The molecule has 9 nitrogen and oxygen atoms in total. The summed E-state index contributed by atoms with van der Waals surface area (Å²) in [7, 11) is 2.81. The maximum Gasteiger partial charge on any atom is 0.373 e. The lowest BCUT2D eigenvalue weighted by Crippen LogP contribution is -2.46. The van der Waals surface area contributed by atoms with Gasteiger partial charge in [0.1, 0.15) is 18.3 Å². The highest BCUT2D eigenvalue weighted by Crippen LogP contribution is 2.34. The Balaban J connectivity index is 1.73. The minimum Gasteiger partial charge on any atom is -0.463 e. The maximum atomic E-state index is 12.5. The van der Waals surface area contributed by atoms with Crippen molar-refractivity contribution in [3.8, 4) is 0 Å². The largest absolute Gasteiger partial charge is 0.463 e. The van der Waals surface area contributed by atoms with Crippen molar-refractivity contribution in [2.24, 2.45) is 0 Å². The van der Waals surface area contributed by atoms with E-state index in [9.17, 15) is 19.8 Å². The molecular formula is C17H20N2O7. The number of rotatable bonds is 4. The number of carbonyl (C=O) groups is 2. The third-order valence-electron chi connectivity index (χ3n) is 4.48. The normalized spacial score (nSPS) is 31.4. The molecule has 0 aliphatic carbocycles. The Labute approximate surface area is 149 Å². The number of amides is 1. The number of aromatic nitrogens is 1. The molecule has 5 atom stereocenters. The van der Waals surface area contributed by atoms with Gasteiger partial charge < -0.3 is 29.3 Å². The van der Waals surface area contributed by atoms with Crippen LogP contribution in [-0.4, -0.2) is 70.7 Å². The molecule has 0 spiro atoms. The van der Waals surface area contributed by atoms with Crippen molar-refractivity contribution in [2.45, 2.75) is 37.1 Å². The summed E-state index contributed by atoms with van der Waals surface area (Å²) in [4.78, 5) is 29.7. The number of hydrogen-bond donors (Lipinski definition) is 2. The third-order valence-corrected chi connectivity index (χ3v) is 4.48. The van der Waals surface area contributed by atoms with E-state index in [1.54, 1.807) is 25.5 Å². The lowest BCUT2D eigenvalue weighted by Gasteiger charge is -2.32. The minimum absolute atomic E-state index is 0.234. The second-order valence-electron chi connectivity index (χ2n) is 6.10. The van der Waals surface area contributed by atoms with Gasteiger partial charge in [-0.25, -0.2) is 4.79 Å². The number of aliphatic hydroxyl groups excluding tert-OH is 2. The van der Waals surface area contributed by atoms with Crippen LogP contribution in [0.2, 0.25) is 0 Å². The Morgan fingerprint density at radius 2 is 2.19 bits per heavy atom. The van der Waals surface area contributed by atoms with Gasteiger partial charge in [0.05, 0.1) is 13.2 Å². The molecule has 2 aliphatic rings. The summed E-state index contributed by atoms with van der Waals surface area (Å²) in [6.45, 7) is 0. The fourth-order valence-corrected chi connectivity index (χ4v) is 3.02. The Morgan fingerprint density at radius 1 is 1.42 bits per heavy atom. The van der Waals surface area contributed by atoms with E-state index in [2.05, 4.69) is 9.72 Å². The van der Waals surface area contributed by atoms with Crippen molar-refractivity contribution in [3.63, 3.8) is 0 Å². The van der Waals surface area contributed by atoms with Gasteiger partial charge in [0.15, 0.2) is 0 Å². The molecule has 0 bridgehead atoms. The Bertz CT molecular complexity index is 708. The van der Waals surface area contributed by atoms with Gasteiger partial charge in [0.2, 0.25) is 12.0 Å². The fourth-order valence-electron chi connectivity index (χ4n) is 3.02. The van der Waals surface area contributed by atoms with Gasteiger partial charge in [-0.2, -0.15) is 0 Å². The predicted molar refractivity (Wildman–Crippen MR) is 86.2 cm³/mol. The number of nitrogens with zero attached hydrogens (tertiary/aromatic N) is 2. The topological polar surface area (TPSA) is 118 Å². The quantitative estimate of drug-likeness (QED) is 0.687. The van der Waals surface area contributed by atoms with Crippen LogP contribution in [-0.2, 0) is 23.8 Å². The predicted octanol–water partition coefficient (Wildman–Crippen LogP) is -0.495. The molecule has 9 heteroatoms. The summed E-state index contributed by atoms with van der Waals surface area (Å²) < 4.78 is 15.4. The number of pyridine rings is 1. The van der Waals surface area contributed by atoms with Gasteiger partial charge in [-0.05, 0) is 17.7 Å². The Morgan fingerprint density at radius 3 is 2.85 bits per heavy atom. The highest BCUT2D eigenvalue weighted by Gasteiger charge is 2.44. The van der Waals surface area contributed by atoms with Gasteiger partial charge in [-0.15, -0.1) is 0 Å². The second-order valence-corrected chi connectivity index (χ2v) is 6.10. The number of esters is 1. The molecule has 2 N–H and O–H groups in total. The Hall–Kier alpha value is -2.49. The van der Waals surface area contributed by atoms with Crippen LogP contribution in [0.25, 0.3) is 0 Å². The molecule has 2 aliphatic heterocycles. The van der Waals surface area contributed by atoms with E-state index < -0.39 is 30.6 Å². The second kappa shape index (κ2) is 7.40. The molecule has 0 radical (unpaired) electrons. The van der Waals surface area contributed by atoms with E-state index in [0.717, 1.165) is 18.7 Å². The number of methoxy groups -OCH3 is 1. The average Bonchev–Trinajstić information content (AvgIpc) is 2.93. The zero-order chi connectivity index (χ0) is 18.8. The summed E-state index contributed by atoms with van der Waals surface area (Å²) in [5.41, 5.74) is 0.856. The minimum atomic E-state index is -1.45. The fraction of sp³-hybridized carbons (Fsp3) is 0.471. The summed E-state index contributed by atoms with van der Waals surface area (Å²) in [5, 5.41) is 20.0. The molecular weight excluding hydrogens is 344 g/mol. The van der Waals surface area contributed by atoms with Crippen molar-refractivity contribution >= 4 is 11.9 Å². The van der Waals surface area contributed by atoms with Crippen LogP contribution < -0.4 is 0 Å². The lowest BCUT2D eigenvalue weighted by atomic mass is 10.1. The molecule has 1 saturated heterocycles. The van der Waals surface area contributed by atoms with E-state index in [4.69, 9.17) is 9.47 Å². The number of aliphatic hydroxyl groups is 2. The van der Waals surface area contributed by atoms with Gasteiger partial charge in [-0.1, -0.05) is 6.07 Å². The highest BCUT2D eigenvalue weighted by molar-refractivity contribution is 5.86. The molecule has 1 aromatic rings. The maximum absolute atomic E-state index is 12.5. The zero-order valence-electron chi connectivity index (χ0n) is 14.3. The average molecular weight is 364 g/mol. The number of carbonyl (C=O) groups excluding carboxylic acids is 2. The summed E-state index contributed by atoms with van der Waals surface area (Å²) in [5.74, 6) is -1.39. The molecule has 1 fully saturated rings. The molecule has 1 aromatic heterocycles. The zero-order valence-corrected chi connectivity index (χ0v) is 14.3. The molecule has 3 heterocycles. The third kappa shape index (κ3) is 3.41. The van der Waals surface area contributed by atoms with E-state index in [-0.39, 0.29) is 17.7 Å². The van der Waals surface area contributed by atoms with Crippen molar-refractivity contribution in [2.75, 3.05) is 14.2 Å². The van der Waals surface area contributed by atoms with E-state index in [1.165, 1.54) is 4.90 Å². The molecule has 140 valence electrons. The summed E-state index contributed by atoms with van der Waals surface area (Å²) >= 11 is 0. The van der Waals surface area contributed by atoms with Crippen LogP contribution in [0.5, 0.6) is 0 Å². The van der Waals surface area contributed by atoms with E-state index in [0.29, 0.717) is 6.42 Å². The smallest absolute Gasteiger partial charge is 0.373 e. The molecule has 26 heavy (non-hydrogen) atoms. The van der Waals surface area contributed by atoms with Crippen LogP contribution in [0.15, 0.2) is 36.4 Å². The van der Waals surface area contributed by atoms with Crippen molar-refractivity contribution in [1.29, 1.82) is 0 Å².